The van der Waals surface area contributed by atoms with Crippen molar-refractivity contribution in [3.8, 4) is 0 Å². The van der Waals surface area contributed by atoms with Gasteiger partial charge in [-0.2, -0.15) is 0 Å². The van der Waals surface area contributed by atoms with Gasteiger partial charge in [0, 0.05) is 31.1 Å². The first kappa shape index (κ1) is 17.3. The third-order valence-electron chi connectivity index (χ3n) is 5.33. The number of hydrogen-bond donors (Lipinski definition) is 1. The maximum atomic E-state index is 12.9. The highest BCUT2D eigenvalue weighted by molar-refractivity contribution is 6.30. The third-order valence-corrected chi connectivity index (χ3v) is 5.57. The molecule has 1 aliphatic carbocycles. The minimum absolute atomic E-state index is 0.106. The first-order chi connectivity index (χ1) is 11.6. The highest BCUT2D eigenvalue weighted by Gasteiger charge is 2.42. The average Bonchev–Trinajstić information content (AvgIpc) is 3.21. The van der Waals surface area contributed by atoms with E-state index >= 15 is 0 Å². The monoisotopic (exact) mass is 348 g/mol. The number of carbonyl (C=O) groups is 2. The Balaban J connectivity index is 1.58. The summed E-state index contributed by atoms with van der Waals surface area (Å²) in [5, 5.41) is 3.78. The van der Waals surface area contributed by atoms with E-state index in [4.69, 9.17) is 11.6 Å². The van der Waals surface area contributed by atoms with E-state index in [1.807, 2.05) is 29.2 Å². The predicted molar refractivity (Wildman–Crippen MR) is 95.0 cm³/mol. The van der Waals surface area contributed by atoms with Crippen molar-refractivity contribution in [1.82, 2.24) is 10.2 Å². The zero-order chi connectivity index (χ0) is 17.0. The molecule has 0 bridgehead atoms. The van der Waals surface area contributed by atoms with Crippen LogP contribution in [-0.2, 0) is 15.0 Å². The molecule has 1 saturated heterocycles. The molecular formula is C19H25ClN2O2. The molecule has 1 saturated carbocycles. The van der Waals surface area contributed by atoms with E-state index in [0.29, 0.717) is 18.0 Å². The van der Waals surface area contributed by atoms with Gasteiger partial charge in [-0.1, -0.05) is 36.6 Å². The van der Waals surface area contributed by atoms with Crippen LogP contribution in [0.25, 0.3) is 0 Å². The molecule has 2 aliphatic rings. The van der Waals surface area contributed by atoms with E-state index in [1.54, 1.807) is 0 Å². The Morgan fingerprint density at radius 1 is 1.25 bits per heavy atom. The van der Waals surface area contributed by atoms with Gasteiger partial charge < -0.3 is 10.2 Å². The highest BCUT2D eigenvalue weighted by atomic mass is 35.5. The molecule has 130 valence electrons. The van der Waals surface area contributed by atoms with E-state index in [-0.39, 0.29) is 11.8 Å². The molecule has 0 aromatic heterocycles. The molecule has 1 aromatic rings. The van der Waals surface area contributed by atoms with Gasteiger partial charge in [-0.25, -0.2) is 0 Å². The summed E-state index contributed by atoms with van der Waals surface area (Å²) in [6.07, 6.45) is 6.34. The fourth-order valence-corrected chi connectivity index (χ4v) is 4.18. The van der Waals surface area contributed by atoms with Crippen LogP contribution in [0, 0.1) is 0 Å². The molecule has 1 aliphatic heterocycles. The summed E-state index contributed by atoms with van der Waals surface area (Å²) in [5.74, 6) is 0.350. The first-order valence-electron chi connectivity index (χ1n) is 8.94. The minimum Gasteiger partial charge on any atom is -0.355 e. The number of rotatable bonds is 6. The SMILES string of the molecule is O=C1CCCN1CCCNC(=O)C1(c2cccc(Cl)c2)CCCC1. The van der Waals surface area contributed by atoms with Gasteiger partial charge in [0.1, 0.15) is 0 Å². The second-order valence-corrected chi connectivity index (χ2v) is 7.33. The van der Waals surface area contributed by atoms with Crippen LogP contribution in [0.3, 0.4) is 0 Å². The van der Waals surface area contributed by atoms with Crippen LogP contribution in [0.1, 0.15) is 50.5 Å². The maximum Gasteiger partial charge on any atom is 0.230 e. The lowest BCUT2D eigenvalue weighted by molar-refractivity contribution is -0.127. The molecule has 0 unspecified atom stereocenters. The Hall–Kier alpha value is -1.55. The van der Waals surface area contributed by atoms with Crippen molar-refractivity contribution in [3.05, 3.63) is 34.9 Å². The zero-order valence-corrected chi connectivity index (χ0v) is 14.8. The molecule has 1 N–H and O–H groups in total. The summed E-state index contributed by atoms with van der Waals surface area (Å²) >= 11 is 6.13. The standard InChI is InChI=1S/C19H25ClN2O2/c20-16-7-3-6-15(14-16)19(9-1-2-10-19)18(24)21-11-5-13-22-12-4-8-17(22)23/h3,6-7,14H,1-2,4-5,8-13H2,(H,21,24). The van der Waals surface area contributed by atoms with E-state index in [9.17, 15) is 9.59 Å². The van der Waals surface area contributed by atoms with Crippen LogP contribution in [-0.4, -0.2) is 36.3 Å². The topological polar surface area (TPSA) is 49.4 Å². The number of carbonyl (C=O) groups excluding carboxylic acids is 2. The molecule has 2 fully saturated rings. The van der Waals surface area contributed by atoms with Crippen molar-refractivity contribution >= 4 is 23.4 Å². The van der Waals surface area contributed by atoms with E-state index in [0.717, 1.165) is 57.2 Å². The van der Waals surface area contributed by atoms with Gasteiger partial charge in [0.15, 0.2) is 0 Å². The molecule has 0 spiro atoms. The number of hydrogen-bond acceptors (Lipinski definition) is 2. The van der Waals surface area contributed by atoms with Crippen LogP contribution < -0.4 is 5.32 Å². The smallest absolute Gasteiger partial charge is 0.230 e. The van der Waals surface area contributed by atoms with Crippen molar-refractivity contribution in [1.29, 1.82) is 0 Å². The van der Waals surface area contributed by atoms with Gasteiger partial charge in [0.2, 0.25) is 11.8 Å². The van der Waals surface area contributed by atoms with Gasteiger partial charge in [-0.05, 0) is 43.4 Å². The van der Waals surface area contributed by atoms with Gasteiger partial charge >= 0.3 is 0 Å². The van der Waals surface area contributed by atoms with Crippen LogP contribution in [0.5, 0.6) is 0 Å². The molecule has 3 rings (SSSR count). The molecule has 0 radical (unpaired) electrons. The Bertz CT molecular complexity index is 611. The number of benzene rings is 1. The molecule has 1 heterocycles. The number of likely N-dealkylation sites (tertiary alicyclic amines) is 1. The largest absolute Gasteiger partial charge is 0.355 e. The average molecular weight is 349 g/mol. The molecular weight excluding hydrogens is 324 g/mol. The second-order valence-electron chi connectivity index (χ2n) is 6.89. The van der Waals surface area contributed by atoms with E-state index in [1.165, 1.54) is 0 Å². The lowest BCUT2D eigenvalue weighted by atomic mass is 9.78. The van der Waals surface area contributed by atoms with Crippen LogP contribution in [0.4, 0.5) is 0 Å². The summed E-state index contributed by atoms with van der Waals surface area (Å²) < 4.78 is 0. The van der Waals surface area contributed by atoms with Gasteiger partial charge in [-0.3, -0.25) is 9.59 Å². The van der Waals surface area contributed by atoms with E-state index in [2.05, 4.69) is 5.32 Å². The van der Waals surface area contributed by atoms with Crippen molar-refractivity contribution < 1.29 is 9.59 Å². The first-order valence-corrected chi connectivity index (χ1v) is 9.32. The quantitative estimate of drug-likeness (QED) is 0.802. The maximum absolute atomic E-state index is 12.9. The number of halogens is 1. The van der Waals surface area contributed by atoms with Gasteiger partial charge in [0.25, 0.3) is 0 Å². The normalized spacial score (nSPS) is 19.7. The number of nitrogens with one attached hydrogen (secondary N) is 1. The minimum atomic E-state index is -0.436. The van der Waals surface area contributed by atoms with Gasteiger partial charge in [0.05, 0.1) is 5.41 Å². The molecule has 2 amide bonds. The fraction of sp³-hybridized carbons (Fsp3) is 0.579. The lowest BCUT2D eigenvalue weighted by Gasteiger charge is -2.28. The van der Waals surface area contributed by atoms with Crippen molar-refractivity contribution in [2.24, 2.45) is 0 Å². The summed E-state index contributed by atoms with van der Waals surface area (Å²) in [4.78, 5) is 26.4. The van der Waals surface area contributed by atoms with Crippen molar-refractivity contribution in [3.63, 3.8) is 0 Å². The Kier molecular flexibility index (Phi) is 5.44. The molecule has 0 atom stereocenters. The lowest BCUT2D eigenvalue weighted by Crippen LogP contribution is -2.43. The second kappa shape index (κ2) is 7.56. The van der Waals surface area contributed by atoms with Crippen LogP contribution in [0.2, 0.25) is 5.02 Å². The Morgan fingerprint density at radius 3 is 2.71 bits per heavy atom. The molecule has 5 heteroatoms. The number of amides is 2. The zero-order valence-electron chi connectivity index (χ0n) is 14.0. The van der Waals surface area contributed by atoms with Crippen LogP contribution in [0.15, 0.2) is 24.3 Å². The summed E-state index contributed by atoms with van der Waals surface area (Å²) in [6.45, 7) is 2.22. The predicted octanol–water partition coefficient (Wildman–Crippen LogP) is 3.28. The van der Waals surface area contributed by atoms with Gasteiger partial charge in [-0.15, -0.1) is 0 Å². The summed E-state index contributed by atoms with van der Waals surface area (Å²) in [7, 11) is 0. The summed E-state index contributed by atoms with van der Waals surface area (Å²) in [6, 6.07) is 7.71. The Morgan fingerprint density at radius 2 is 2.04 bits per heavy atom. The Labute approximate surface area is 148 Å². The summed E-state index contributed by atoms with van der Waals surface area (Å²) in [5.41, 5.74) is 0.591. The highest BCUT2D eigenvalue weighted by Crippen LogP contribution is 2.42. The third kappa shape index (κ3) is 3.59. The fourth-order valence-electron chi connectivity index (χ4n) is 3.99. The molecule has 4 nitrogen and oxygen atoms in total. The van der Waals surface area contributed by atoms with E-state index < -0.39 is 5.41 Å². The van der Waals surface area contributed by atoms with Crippen molar-refractivity contribution in [2.75, 3.05) is 19.6 Å². The molecule has 1 aromatic carbocycles. The van der Waals surface area contributed by atoms with Crippen LogP contribution >= 0.6 is 11.6 Å². The van der Waals surface area contributed by atoms with Crippen molar-refractivity contribution in [2.45, 2.75) is 50.4 Å². The number of nitrogens with zero attached hydrogens (tertiary/aromatic N) is 1. The molecule has 24 heavy (non-hydrogen) atoms.